The Kier molecular flexibility index (Phi) is 4.64. The van der Waals surface area contributed by atoms with Gasteiger partial charge in [0.25, 0.3) is 0 Å². The van der Waals surface area contributed by atoms with Gasteiger partial charge in [0.15, 0.2) is 0 Å². The first-order valence-electron chi connectivity index (χ1n) is 7.50. The van der Waals surface area contributed by atoms with Crippen LogP contribution in [0.4, 0.5) is 0 Å². The number of likely N-dealkylation sites (tertiary alicyclic amines) is 1. The summed E-state index contributed by atoms with van der Waals surface area (Å²) in [5.41, 5.74) is 8.97. The average Bonchev–Trinajstić information content (AvgIpc) is 2.85. The molecule has 1 saturated heterocycles. The van der Waals surface area contributed by atoms with E-state index in [0.717, 1.165) is 12.3 Å². The second kappa shape index (κ2) is 6.06. The van der Waals surface area contributed by atoms with Crippen LogP contribution in [0, 0.1) is 11.3 Å². The Morgan fingerprint density at radius 1 is 1.21 bits per heavy atom. The molecule has 0 spiro atoms. The standard InChI is InChI=1S/C17H28N2/c1-17(2,3)16-9-11-19(13-16)10-8-14-6-4-5-7-15(14)12-18/h4-7,16H,8-13,18H2,1-3H3. The quantitative estimate of drug-likeness (QED) is 0.901. The molecule has 1 aliphatic heterocycles. The van der Waals surface area contributed by atoms with Crippen molar-refractivity contribution in [3.63, 3.8) is 0 Å². The lowest BCUT2D eigenvalue weighted by Gasteiger charge is -2.27. The van der Waals surface area contributed by atoms with Crippen molar-refractivity contribution < 1.29 is 0 Å². The molecule has 1 aromatic rings. The minimum atomic E-state index is 0.448. The summed E-state index contributed by atoms with van der Waals surface area (Å²) in [6, 6.07) is 8.57. The number of nitrogens with two attached hydrogens (primary N) is 1. The SMILES string of the molecule is CC(C)(C)C1CCN(CCc2ccccc2CN)C1. The fraction of sp³-hybridized carbons (Fsp3) is 0.647. The summed E-state index contributed by atoms with van der Waals surface area (Å²) in [5.74, 6) is 0.845. The van der Waals surface area contributed by atoms with Crippen LogP contribution in [-0.4, -0.2) is 24.5 Å². The van der Waals surface area contributed by atoms with E-state index in [4.69, 9.17) is 5.73 Å². The number of hydrogen-bond donors (Lipinski definition) is 1. The van der Waals surface area contributed by atoms with Gasteiger partial charge in [0.2, 0.25) is 0 Å². The van der Waals surface area contributed by atoms with Crippen LogP contribution in [0.15, 0.2) is 24.3 Å². The minimum absolute atomic E-state index is 0.448. The van der Waals surface area contributed by atoms with Crippen molar-refractivity contribution >= 4 is 0 Å². The normalized spacial score (nSPS) is 20.9. The molecule has 0 radical (unpaired) electrons. The Balaban J connectivity index is 1.87. The van der Waals surface area contributed by atoms with Crippen LogP contribution in [0.5, 0.6) is 0 Å². The maximum absolute atomic E-state index is 5.80. The topological polar surface area (TPSA) is 29.3 Å². The molecule has 0 bridgehead atoms. The Labute approximate surface area is 118 Å². The summed E-state index contributed by atoms with van der Waals surface area (Å²) >= 11 is 0. The van der Waals surface area contributed by atoms with Crippen molar-refractivity contribution in [2.24, 2.45) is 17.1 Å². The van der Waals surface area contributed by atoms with Crippen LogP contribution in [0.3, 0.4) is 0 Å². The summed E-state index contributed by atoms with van der Waals surface area (Å²) in [7, 11) is 0. The van der Waals surface area contributed by atoms with E-state index >= 15 is 0 Å². The van der Waals surface area contributed by atoms with Crippen LogP contribution in [0.2, 0.25) is 0 Å². The van der Waals surface area contributed by atoms with Crippen LogP contribution in [-0.2, 0) is 13.0 Å². The molecule has 1 fully saturated rings. The first-order valence-corrected chi connectivity index (χ1v) is 7.50. The molecule has 1 heterocycles. The molecular weight excluding hydrogens is 232 g/mol. The molecule has 0 aliphatic carbocycles. The van der Waals surface area contributed by atoms with Gasteiger partial charge in [-0.05, 0) is 41.8 Å². The van der Waals surface area contributed by atoms with E-state index in [1.807, 2.05) is 0 Å². The third-order valence-corrected chi connectivity index (χ3v) is 4.53. The Morgan fingerprint density at radius 3 is 2.47 bits per heavy atom. The Hall–Kier alpha value is -0.860. The van der Waals surface area contributed by atoms with Gasteiger partial charge in [-0.15, -0.1) is 0 Å². The number of nitrogens with zero attached hydrogens (tertiary/aromatic N) is 1. The van der Waals surface area contributed by atoms with Gasteiger partial charge in [0.05, 0.1) is 0 Å². The number of benzene rings is 1. The smallest absolute Gasteiger partial charge is 0.0180 e. The van der Waals surface area contributed by atoms with Gasteiger partial charge in [-0.2, -0.15) is 0 Å². The van der Waals surface area contributed by atoms with E-state index in [1.165, 1.54) is 37.2 Å². The summed E-state index contributed by atoms with van der Waals surface area (Å²) in [6.07, 6.45) is 2.48. The number of hydrogen-bond acceptors (Lipinski definition) is 2. The van der Waals surface area contributed by atoms with E-state index in [-0.39, 0.29) is 0 Å². The molecule has 1 aromatic carbocycles. The van der Waals surface area contributed by atoms with Crippen LogP contribution in [0.25, 0.3) is 0 Å². The van der Waals surface area contributed by atoms with Crippen molar-refractivity contribution in [3.05, 3.63) is 35.4 Å². The van der Waals surface area contributed by atoms with Crippen molar-refractivity contribution in [1.82, 2.24) is 4.90 Å². The largest absolute Gasteiger partial charge is 0.326 e. The second-order valence-electron chi connectivity index (χ2n) is 6.88. The van der Waals surface area contributed by atoms with Gasteiger partial charge in [0, 0.05) is 19.6 Å². The summed E-state index contributed by atoms with van der Waals surface area (Å²) < 4.78 is 0. The van der Waals surface area contributed by atoms with Crippen molar-refractivity contribution in [2.45, 2.75) is 40.2 Å². The van der Waals surface area contributed by atoms with Gasteiger partial charge in [-0.25, -0.2) is 0 Å². The molecule has 2 N–H and O–H groups in total. The van der Waals surface area contributed by atoms with E-state index < -0.39 is 0 Å². The highest BCUT2D eigenvalue weighted by molar-refractivity contribution is 5.27. The first kappa shape index (κ1) is 14.5. The predicted octanol–water partition coefficient (Wildman–Crippen LogP) is 3.06. The molecule has 1 aliphatic rings. The van der Waals surface area contributed by atoms with E-state index in [9.17, 15) is 0 Å². The lowest BCUT2D eigenvalue weighted by atomic mass is 9.80. The molecule has 0 saturated carbocycles. The maximum atomic E-state index is 5.80. The van der Waals surface area contributed by atoms with Gasteiger partial charge in [-0.3, -0.25) is 0 Å². The lowest BCUT2D eigenvalue weighted by Crippen LogP contribution is -2.27. The molecule has 0 amide bonds. The Morgan fingerprint density at radius 2 is 1.89 bits per heavy atom. The summed E-state index contributed by atoms with van der Waals surface area (Å²) in [5, 5.41) is 0. The van der Waals surface area contributed by atoms with Gasteiger partial charge in [-0.1, -0.05) is 45.0 Å². The van der Waals surface area contributed by atoms with E-state index in [1.54, 1.807) is 0 Å². The Bertz CT molecular complexity index is 406. The summed E-state index contributed by atoms with van der Waals surface area (Å²) in [6.45, 7) is 11.4. The zero-order valence-corrected chi connectivity index (χ0v) is 12.7. The molecule has 2 rings (SSSR count). The van der Waals surface area contributed by atoms with E-state index in [0.29, 0.717) is 12.0 Å². The first-order chi connectivity index (χ1) is 9.00. The molecule has 106 valence electrons. The maximum Gasteiger partial charge on any atom is 0.0180 e. The van der Waals surface area contributed by atoms with Gasteiger partial charge >= 0.3 is 0 Å². The lowest BCUT2D eigenvalue weighted by molar-refractivity contribution is 0.230. The molecular formula is C17H28N2. The minimum Gasteiger partial charge on any atom is -0.326 e. The predicted molar refractivity (Wildman–Crippen MR) is 82.0 cm³/mol. The third-order valence-electron chi connectivity index (χ3n) is 4.53. The van der Waals surface area contributed by atoms with Crippen LogP contribution in [0.1, 0.15) is 38.3 Å². The van der Waals surface area contributed by atoms with E-state index in [2.05, 4.69) is 49.9 Å². The molecule has 2 nitrogen and oxygen atoms in total. The second-order valence-corrected chi connectivity index (χ2v) is 6.88. The molecule has 19 heavy (non-hydrogen) atoms. The van der Waals surface area contributed by atoms with Gasteiger partial charge in [0.1, 0.15) is 0 Å². The highest BCUT2D eigenvalue weighted by atomic mass is 15.1. The fourth-order valence-corrected chi connectivity index (χ4v) is 3.02. The zero-order valence-electron chi connectivity index (χ0n) is 12.7. The van der Waals surface area contributed by atoms with Crippen molar-refractivity contribution in [2.75, 3.05) is 19.6 Å². The average molecular weight is 260 g/mol. The van der Waals surface area contributed by atoms with Gasteiger partial charge < -0.3 is 10.6 Å². The molecule has 2 heteroatoms. The highest BCUT2D eigenvalue weighted by Crippen LogP contribution is 2.33. The zero-order chi connectivity index (χ0) is 13.9. The fourth-order valence-electron chi connectivity index (χ4n) is 3.02. The molecule has 1 atom stereocenters. The third kappa shape index (κ3) is 3.80. The highest BCUT2D eigenvalue weighted by Gasteiger charge is 2.31. The monoisotopic (exact) mass is 260 g/mol. The van der Waals surface area contributed by atoms with Crippen molar-refractivity contribution in [3.8, 4) is 0 Å². The molecule has 1 unspecified atom stereocenters. The van der Waals surface area contributed by atoms with Crippen LogP contribution >= 0.6 is 0 Å². The molecule has 0 aromatic heterocycles. The number of rotatable bonds is 4. The van der Waals surface area contributed by atoms with Crippen LogP contribution < -0.4 is 5.73 Å². The van der Waals surface area contributed by atoms with Crippen molar-refractivity contribution in [1.29, 1.82) is 0 Å². The summed E-state index contributed by atoms with van der Waals surface area (Å²) in [4.78, 5) is 2.61.